The second kappa shape index (κ2) is 6.27. The monoisotopic (exact) mass is 139 g/mol. The van der Waals surface area contributed by atoms with Crippen LogP contribution in [0.3, 0.4) is 0 Å². The van der Waals surface area contributed by atoms with Crippen molar-refractivity contribution in [2.24, 2.45) is 0 Å². The average molecular weight is 139 g/mol. The summed E-state index contributed by atoms with van der Waals surface area (Å²) in [5.41, 5.74) is 0. The van der Waals surface area contributed by atoms with Gasteiger partial charge in [-0.25, -0.2) is 0 Å². The average Bonchev–Trinajstić information content (AvgIpc) is 1.99. The standard InChI is InChI=1S/C9H14O/c1-3-5-6-8-9(10)7-4-2/h3,5-6H,1,4,7-8H2,2H3/i1D. The van der Waals surface area contributed by atoms with E-state index in [9.17, 15) is 4.79 Å². The Kier molecular flexibility index (Phi) is 4.55. The number of Topliss-reactive ketones (excluding diaryl/α,β-unsaturated/α-hetero) is 1. The first-order chi connectivity index (χ1) is 5.31. The van der Waals surface area contributed by atoms with Gasteiger partial charge in [-0.15, -0.1) is 0 Å². The van der Waals surface area contributed by atoms with E-state index < -0.39 is 0 Å². The van der Waals surface area contributed by atoms with E-state index in [2.05, 4.69) is 0 Å². The van der Waals surface area contributed by atoms with E-state index >= 15 is 0 Å². The number of carbonyl (C=O) groups is 1. The van der Waals surface area contributed by atoms with E-state index in [1.54, 1.807) is 18.2 Å². The number of hydrogen-bond donors (Lipinski definition) is 0. The summed E-state index contributed by atoms with van der Waals surface area (Å²) in [5.74, 6) is 0.266. The maximum atomic E-state index is 10.9. The Bertz CT molecular complexity index is 159. The first kappa shape index (κ1) is 7.26. The van der Waals surface area contributed by atoms with Crippen LogP contribution in [0.15, 0.2) is 24.8 Å². The molecule has 0 heterocycles. The Hall–Kier alpha value is -0.850. The fourth-order valence-corrected chi connectivity index (χ4v) is 0.659. The summed E-state index contributed by atoms with van der Waals surface area (Å²) in [4.78, 5) is 10.9. The van der Waals surface area contributed by atoms with Crippen LogP contribution in [0.25, 0.3) is 0 Å². The lowest BCUT2D eigenvalue weighted by atomic mass is 10.2. The first-order valence-corrected chi connectivity index (χ1v) is 3.53. The molecule has 0 aliphatic carbocycles. The molecule has 1 heteroatoms. The molecular weight excluding hydrogens is 124 g/mol. The van der Waals surface area contributed by atoms with Gasteiger partial charge in [0.15, 0.2) is 0 Å². The van der Waals surface area contributed by atoms with Crippen molar-refractivity contribution in [1.82, 2.24) is 0 Å². The molecule has 0 amide bonds. The summed E-state index contributed by atoms with van der Waals surface area (Å²) in [6.45, 7) is 3.19. The highest BCUT2D eigenvalue weighted by Crippen LogP contribution is 1.94. The lowest BCUT2D eigenvalue weighted by Gasteiger charge is -1.89. The van der Waals surface area contributed by atoms with Crippen LogP contribution in [-0.4, -0.2) is 5.78 Å². The molecule has 0 unspecified atom stereocenters. The van der Waals surface area contributed by atoms with E-state index in [0.29, 0.717) is 12.8 Å². The Labute approximate surface area is 63.8 Å². The highest BCUT2D eigenvalue weighted by Gasteiger charge is 1.93. The first-order valence-electron chi connectivity index (χ1n) is 4.10. The molecule has 0 N–H and O–H groups in total. The van der Waals surface area contributed by atoms with Crippen LogP contribution in [0.4, 0.5) is 0 Å². The third-order valence-electron chi connectivity index (χ3n) is 1.12. The molecule has 0 spiro atoms. The number of rotatable bonds is 5. The quantitative estimate of drug-likeness (QED) is 0.535. The second-order valence-electron chi connectivity index (χ2n) is 2.11. The zero-order valence-corrected chi connectivity index (χ0v) is 6.34. The highest BCUT2D eigenvalue weighted by molar-refractivity contribution is 5.79. The molecule has 0 aromatic heterocycles. The SMILES string of the molecule is [2H]C=CC=CCC(=O)CCC. The smallest absolute Gasteiger partial charge is 0.136 e. The minimum absolute atomic E-state index is 0.266. The second-order valence-corrected chi connectivity index (χ2v) is 2.11. The predicted molar refractivity (Wildman–Crippen MR) is 43.9 cm³/mol. The molecule has 0 fully saturated rings. The van der Waals surface area contributed by atoms with Crippen molar-refractivity contribution in [1.29, 1.82) is 0 Å². The third-order valence-corrected chi connectivity index (χ3v) is 1.12. The molecule has 0 aliphatic heterocycles. The highest BCUT2D eigenvalue weighted by atomic mass is 16.1. The maximum Gasteiger partial charge on any atom is 0.136 e. The fourth-order valence-electron chi connectivity index (χ4n) is 0.659. The van der Waals surface area contributed by atoms with Crippen molar-refractivity contribution in [3.63, 3.8) is 0 Å². The normalized spacial score (nSPS) is 12.7. The van der Waals surface area contributed by atoms with Crippen LogP contribution in [0.2, 0.25) is 0 Å². The van der Waals surface area contributed by atoms with Crippen LogP contribution < -0.4 is 0 Å². The molecule has 10 heavy (non-hydrogen) atoms. The van der Waals surface area contributed by atoms with Gasteiger partial charge < -0.3 is 0 Å². The zero-order chi connectivity index (χ0) is 8.53. The summed E-state index contributed by atoms with van der Waals surface area (Å²) < 4.78 is 6.65. The van der Waals surface area contributed by atoms with E-state index in [-0.39, 0.29) is 5.78 Å². The van der Waals surface area contributed by atoms with Gasteiger partial charge in [-0.1, -0.05) is 31.7 Å². The Morgan fingerprint density at radius 1 is 1.80 bits per heavy atom. The van der Waals surface area contributed by atoms with Gasteiger partial charge in [0.2, 0.25) is 0 Å². The molecular formula is C9H14O. The van der Waals surface area contributed by atoms with E-state index in [1.165, 1.54) is 6.55 Å². The van der Waals surface area contributed by atoms with Gasteiger partial charge in [0.05, 0.1) is 1.37 Å². The molecule has 0 bridgehead atoms. The molecule has 0 aliphatic rings. The number of ketones is 1. The molecule has 0 atom stereocenters. The summed E-state index contributed by atoms with van der Waals surface area (Å²) in [7, 11) is 0. The number of hydrogen-bond acceptors (Lipinski definition) is 1. The van der Waals surface area contributed by atoms with Gasteiger partial charge in [-0.3, -0.25) is 4.79 Å². The predicted octanol–water partition coefficient (Wildman–Crippen LogP) is 2.49. The van der Waals surface area contributed by atoms with Crippen LogP contribution >= 0.6 is 0 Å². The zero-order valence-electron chi connectivity index (χ0n) is 7.34. The van der Waals surface area contributed by atoms with Gasteiger partial charge in [0.1, 0.15) is 5.78 Å². The van der Waals surface area contributed by atoms with E-state index in [1.807, 2.05) is 6.92 Å². The van der Waals surface area contributed by atoms with Crippen LogP contribution in [0.5, 0.6) is 0 Å². The summed E-state index contributed by atoms with van der Waals surface area (Å²) in [5, 5.41) is 0. The van der Waals surface area contributed by atoms with Crippen molar-refractivity contribution in [3.8, 4) is 0 Å². The van der Waals surface area contributed by atoms with Gasteiger partial charge in [-0.2, -0.15) is 0 Å². The lowest BCUT2D eigenvalue weighted by molar-refractivity contribution is -0.118. The van der Waals surface area contributed by atoms with Gasteiger partial charge in [0.25, 0.3) is 0 Å². The Morgan fingerprint density at radius 3 is 3.20 bits per heavy atom. The van der Waals surface area contributed by atoms with Crippen molar-refractivity contribution < 1.29 is 6.17 Å². The Morgan fingerprint density at radius 2 is 2.60 bits per heavy atom. The molecule has 0 rings (SSSR count). The lowest BCUT2D eigenvalue weighted by Crippen LogP contribution is -1.92. The molecule has 0 aromatic rings. The maximum absolute atomic E-state index is 10.9. The minimum Gasteiger partial charge on any atom is -0.299 e. The molecule has 56 valence electrons. The van der Waals surface area contributed by atoms with E-state index in [0.717, 1.165) is 6.42 Å². The molecule has 0 aromatic carbocycles. The molecule has 0 saturated heterocycles. The summed E-state index contributed by atoms with van der Waals surface area (Å²) >= 11 is 0. The van der Waals surface area contributed by atoms with Gasteiger partial charge in [0, 0.05) is 12.8 Å². The van der Waals surface area contributed by atoms with Gasteiger partial charge >= 0.3 is 0 Å². The van der Waals surface area contributed by atoms with E-state index in [4.69, 9.17) is 1.37 Å². The van der Waals surface area contributed by atoms with Crippen molar-refractivity contribution in [2.75, 3.05) is 0 Å². The van der Waals surface area contributed by atoms with Crippen LogP contribution in [0, 0.1) is 0 Å². The molecule has 1 nitrogen and oxygen atoms in total. The van der Waals surface area contributed by atoms with Crippen molar-refractivity contribution in [2.45, 2.75) is 26.2 Å². The fraction of sp³-hybridized carbons (Fsp3) is 0.444. The Balaban J connectivity index is 3.44. The van der Waals surface area contributed by atoms with Gasteiger partial charge in [-0.05, 0) is 6.42 Å². The minimum atomic E-state index is 0.266. The summed E-state index contributed by atoms with van der Waals surface area (Å²) in [6, 6.07) is 0. The largest absolute Gasteiger partial charge is 0.299 e. The molecule has 0 radical (unpaired) electrons. The topological polar surface area (TPSA) is 17.1 Å². The number of allylic oxidation sites excluding steroid dienone is 3. The third kappa shape index (κ3) is 5.29. The number of carbonyl (C=O) groups excluding carboxylic acids is 1. The molecule has 0 saturated carbocycles. The van der Waals surface area contributed by atoms with Crippen molar-refractivity contribution in [3.05, 3.63) is 24.8 Å². The van der Waals surface area contributed by atoms with Crippen LogP contribution in [0.1, 0.15) is 27.6 Å². The van der Waals surface area contributed by atoms with Crippen molar-refractivity contribution >= 4 is 5.78 Å². The van der Waals surface area contributed by atoms with Crippen LogP contribution in [-0.2, 0) is 4.79 Å². The summed E-state index contributed by atoms with van der Waals surface area (Å²) in [6.07, 6.45) is 7.18.